The molecule has 0 unspecified atom stereocenters. The van der Waals surface area contributed by atoms with Crippen LogP contribution >= 0.6 is 0 Å². The number of ether oxygens (including phenoxy) is 1. The fourth-order valence-corrected chi connectivity index (χ4v) is 2.66. The van der Waals surface area contributed by atoms with Crippen LogP contribution in [0.1, 0.15) is 38.2 Å². The summed E-state index contributed by atoms with van der Waals surface area (Å²) in [6.45, 7) is 5.83. The van der Waals surface area contributed by atoms with Gasteiger partial charge in [0.15, 0.2) is 0 Å². The second-order valence-electron chi connectivity index (χ2n) is 5.79. The van der Waals surface area contributed by atoms with Crippen molar-refractivity contribution in [1.82, 2.24) is 0 Å². The molecule has 1 amide bonds. The number of nitrogens with two attached hydrogens (primary N) is 1. The lowest BCUT2D eigenvalue weighted by molar-refractivity contribution is -0.130. The van der Waals surface area contributed by atoms with Crippen LogP contribution in [0.2, 0.25) is 0 Å². The molecule has 1 aromatic carbocycles. The molecule has 2 rings (SSSR count). The Balaban J connectivity index is 2.18. The van der Waals surface area contributed by atoms with E-state index in [-0.39, 0.29) is 5.91 Å². The number of nitrogens with one attached hydrogen (secondary N) is 1. The van der Waals surface area contributed by atoms with E-state index < -0.39 is 5.41 Å². The Kier molecular flexibility index (Phi) is 4.78. The molecule has 0 saturated carbocycles. The van der Waals surface area contributed by atoms with E-state index in [1.807, 2.05) is 18.2 Å². The van der Waals surface area contributed by atoms with E-state index in [0.29, 0.717) is 38.5 Å². The third kappa shape index (κ3) is 3.02. The molecule has 4 nitrogen and oxygen atoms in total. The SMILES string of the molecule is CC(C)c1ccccc1NC(=O)C1(CN)CCOCC1. The van der Waals surface area contributed by atoms with E-state index >= 15 is 0 Å². The predicted molar refractivity (Wildman–Crippen MR) is 80.7 cm³/mol. The maximum atomic E-state index is 12.6. The van der Waals surface area contributed by atoms with Crippen molar-refractivity contribution in [2.24, 2.45) is 11.1 Å². The molecule has 1 aliphatic rings. The van der Waals surface area contributed by atoms with Crippen molar-refractivity contribution in [3.05, 3.63) is 29.8 Å². The lowest BCUT2D eigenvalue weighted by Crippen LogP contribution is -2.46. The third-order valence-electron chi connectivity index (χ3n) is 4.15. The quantitative estimate of drug-likeness (QED) is 0.888. The van der Waals surface area contributed by atoms with E-state index in [0.717, 1.165) is 11.3 Å². The number of anilines is 1. The van der Waals surface area contributed by atoms with Crippen LogP contribution in [0.25, 0.3) is 0 Å². The molecular formula is C16H24N2O2. The van der Waals surface area contributed by atoms with Gasteiger partial charge < -0.3 is 15.8 Å². The molecule has 1 heterocycles. The average molecular weight is 276 g/mol. The van der Waals surface area contributed by atoms with Gasteiger partial charge in [-0.2, -0.15) is 0 Å². The Morgan fingerprint density at radius 1 is 1.35 bits per heavy atom. The van der Waals surface area contributed by atoms with Crippen molar-refractivity contribution in [3.63, 3.8) is 0 Å². The van der Waals surface area contributed by atoms with E-state index in [1.165, 1.54) is 0 Å². The van der Waals surface area contributed by atoms with Crippen molar-refractivity contribution < 1.29 is 9.53 Å². The van der Waals surface area contributed by atoms with E-state index in [2.05, 4.69) is 25.2 Å². The van der Waals surface area contributed by atoms with Crippen molar-refractivity contribution >= 4 is 11.6 Å². The lowest BCUT2D eigenvalue weighted by Gasteiger charge is -2.34. The first-order valence-electron chi connectivity index (χ1n) is 7.27. The normalized spacial score (nSPS) is 18.0. The second kappa shape index (κ2) is 6.37. The molecule has 4 heteroatoms. The summed E-state index contributed by atoms with van der Waals surface area (Å²) in [7, 11) is 0. The van der Waals surface area contributed by atoms with Crippen LogP contribution in [-0.4, -0.2) is 25.7 Å². The topological polar surface area (TPSA) is 64.4 Å². The zero-order valence-corrected chi connectivity index (χ0v) is 12.3. The summed E-state index contributed by atoms with van der Waals surface area (Å²) < 4.78 is 5.35. The van der Waals surface area contributed by atoms with Crippen LogP contribution in [0.3, 0.4) is 0 Å². The van der Waals surface area contributed by atoms with Crippen LogP contribution in [0.5, 0.6) is 0 Å². The number of para-hydroxylation sites is 1. The molecule has 20 heavy (non-hydrogen) atoms. The van der Waals surface area contributed by atoms with Crippen LogP contribution in [-0.2, 0) is 9.53 Å². The van der Waals surface area contributed by atoms with Gasteiger partial charge in [0.25, 0.3) is 0 Å². The largest absolute Gasteiger partial charge is 0.381 e. The summed E-state index contributed by atoms with van der Waals surface area (Å²) >= 11 is 0. The van der Waals surface area contributed by atoms with Crippen LogP contribution in [0.4, 0.5) is 5.69 Å². The smallest absolute Gasteiger partial charge is 0.232 e. The molecule has 0 atom stereocenters. The van der Waals surface area contributed by atoms with E-state index in [1.54, 1.807) is 0 Å². The number of benzene rings is 1. The van der Waals surface area contributed by atoms with Gasteiger partial charge in [-0.25, -0.2) is 0 Å². The number of carbonyl (C=O) groups is 1. The van der Waals surface area contributed by atoms with Gasteiger partial charge in [0, 0.05) is 25.4 Å². The van der Waals surface area contributed by atoms with Crippen molar-refractivity contribution in [3.8, 4) is 0 Å². The van der Waals surface area contributed by atoms with Crippen LogP contribution in [0.15, 0.2) is 24.3 Å². The van der Waals surface area contributed by atoms with Crippen molar-refractivity contribution in [2.45, 2.75) is 32.6 Å². The van der Waals surface area contributed by atoms with Crippen LogP contribution in [0, 0.1) is 5.41 Å². The first-order chi connectivity index (χ1) is 9.59. The molecule has 110 valence electrons. The van der Waals surface area contributed by atoms with E-state index in [4.69, 9.17) is 10.5 Å². The second-order valence-corrected chi connectivity index (χ2v) is 5.79. The summed E-state index contributed by atoms with van der Waals surface area (Å²) in [5, 5.41) is 3.08. The van der Waals surface area contributed by atoms with E-state index in [9.17, 15) is 4.79 Å². The first kappa shape index (κ1) is 15.0. The Hall–Kier alpha value is -1.39. The summed E-state index contributed by atoms with van der Waals surface area (Å²) in [6, 6.07) is 7.95. The molecule has 0 aliphatic carbocycles. The van der Waals surface area contributed by atoms with Gasteiger partial charge in [-0.1, -0.05) is 32.0 Å². The van der Waals surface area contributed by atoms with Gasteiger partial charge in [0.1, 0.15) is 0 Å². The molecule has 1 fully saturated rings. The molecule has 3 N–H and O–H groups in total. The number of amides is 1. The van der Waals surface area contributed by atoms with Crippen LogP contribution < -0.4 is 11.1 Å². The number of rotatable bonds is 4. The standard InChI is InChI=1S/C16H24N2O2/c1-12(2)13-5-3-4-6-14(13)18-15(19)16(11-17)7-9-20-10-8-16/h3-6,12H,7-11,17H2,1-2H3,(H,18,19). The highest BCUT2D eigenvalue weighted by atomic mass is 16.5. The van der Waals surface area contributed by atoms with Crippen molar-refractivity contribution in [1.29, 1.82) is 0 Å². The minimum Gasteiger partial charge on any atom is -0.381 e. The molecule has 0 radical (unpaired) electrons. The highest BCUT2D eigenvalue weighted by Gasteiger charge is 2.39. The van der Waals surface area contributed by atoms with Gasteiger partial charge in [-0.05, 0) is 30.4 Å². The molecule has 1 saturated heterocycles. The fraction of sp³-hybridized carbons (Fsp3) is 0.562. The summed E-state index contributed by atoms with van der Waals surface area (Å²) in [4.78, 5) is 12.6. The Morgan fingerprint density at radius 2 is 2.00 bits per heavy atom. The Morgan fingerprint density at radius 3 is 2.60 bits per heavy atom. The zero-order valence-electron chi connectivity index (χ0n) is 12.3. The Bertz CT molecular complexity index is 465. The summed E-state index contributed by atoms with van der Waals surface area (Å²) in [5.74, 6) is 0.395. The molecule has 0 aromatic heterocycles. The summed E-state index contributed by atoms with van der Waals surface area (Å²) in [6.07, 6.45) is 1.39. The highest BCUT2D eigenvalue weighted by Crippen LogP contribution is 2.32. The molecular weight excluding hydrogens is 252 g/mol. The highest BCUT2D eigenvalue weighted by molar-refractivity contribution is 5.96. The third-order valence-corrected chi connectivity index (χ3v) is 4.15. The van der Waals surface area contributed by atoms with Crippen molar-refractivity contribution in [2.75, 3.05) is 25.1 Å². The molecule has 0 spiro atoms. The molecule has 1 aromatic rings. The maximum Gasteiger partial charge on any atom is 0.232 e. The predicted octanol–water partition coefficient (Wildman–Crippen LogP) is 2.50. The van der Waals surface area contributed by atoms with Gasteiger partial charge >= 0.3 is 0 Å². The fourth-order valence-electron chi connectivity index (χ4n) is 2.66. The number of carbonyl (C=O) groups excluding carboxylic acids is 1. The summed E-state index contributed by atoms with van der Waals surface area (Å²) in [5.41, 5.74) is 7.44. The number of hydrogen-bond acceptors (Lipinski definition) is 3. The molecule has 0 bridgehead atoms. The monoisotopic (exact) mass is 276 g/mol. The van der Waals surface area contributed by atoms with Gasteiger partial charge in [-0.3, -0.25) is 4.79 Å². The Labute approximate surface area is 120 Å². The lowest BCUT2D eigenvalue weighted by atomic mass is 9.79. The first-order valence-corrected chi connectivity index (χ1v) is 7.27. The number of hydrogen-bond donors (Lipinski definition) is 2. The minimum atomic E-state index is -0.484. The zero-order chi connectivity index (χ0) is 14.6. The average Bonchev–Trinajstić information content (AvgIpc) is 2.48. The van der Waals surface area contributed by atoms with Gasteiger partial charge in [0.05, 0.1) is 5.41 Å². The van der Waals surface area contributed by atoms with Gasteiger partial charge in [0.2, 0.25) is 5.91 Å². The minimum absolute atomic E-state index is 0.0244. The maximum absolute atomic E-state index is 12.6. The molecule has 1 aliphatic heterocycles. The van der Waals surface area contributed by atoms with Gasteiger partial charge in [-0.15, -0.1) is 0 Å².